The quantitative estimate of drug-likeness (QED) is 0.738. The van der Waals surface area contributed by atoms with Gasteiger partial charge in [0, 0.05) is 24.5 Å². The topological polar surface area (TPSA) is 101 Å². The molecule has 0 saturated carbocycles. The molecule has 0 fully saturated rings. The maximum Gasteiger partial charge on any atom is 0.337 e. The largest absolute Gasteiger partial charge is 0.478 e. The average molecular weight is 332 g/mol. The highest BCUT2D eigenvalue weighted by Crippen LogP contribution is 2.25. The number of carboxylic acids is 1. The Morgan fingerprint density at radius 2 is 2.10 bits per heavy atom. The lowest BCUT2D eigenvalue weighted by atomic mass is 10.2. The Labute approximate surface area is 129 Å². The van der Waals surface area contributed by atoms with Gasteiger partial charge in [-0.15, -0.1) is 0 Å². The molecule has 1 unspecified atom stereocenters. The predicted molar refractivity (Wildman–Crippen MR) is 85.2 cm³/mol. The number of rotatable bonds is 7. The second-order valence-corrected chi connectivity index (χ2v) is 7.48. The summed E-state index contributed by atoms with van der Waals surface area (Å²) in [5.74, 6) is -0.656. The lowest BCUT2D eigenvalue weighted by Gasteiger charge is -2.26. The van der Waals surface area contributed by atoms with Crippen LogP contribution in [0, 0.1) is 0 Å². The Hall–Kier alpha value is -1.25. The molecule has 8 heteroatoms. The molecule has 0 saturated heterocycles. The third-order valence-electron chi connectivity index (χ3n) is 3.24. The van der Waals surface area contributed by atoms with Crippen LogP contribution in [0.15, 0.2) is 23.1 Å². The van der Waals surface area contributed by atoms with Crippen LogP contribution in [-0.2, 0) is 10.0 Å². The van der Waals surface area contributed by atoms with Gasteiger partial charge in [0.25, 0.3) is 0 Å². The lowest BCUT2D eigenvalue weighted by molar-refractivity contribution is 0.0692. The first-order chi connectivity index (χ1) is 9.75. The standard InChI is InChI=1S/C13H20N2O4S2/c1-4-10(8-20-3)15(2)21(18,19)12-7-9(14)5-6-11(12)13(16)17/h5-7,10H,4,8,14H2,1-3H3,(H,16,17). The molecule has 0 amide bonds. The minimum Gasteiger partial charge on any atom is -0.478 e. The molecule has 1 aromatic carbocycles. The smallest absolute Gasteiger partial charge is 0.337 e. The zero-order valence-corrected chi connectivity index (χ0v) is 13.9. The molecule has 0 aromatic heterocycles. The van der Waals surface area contributed by atoms with E-state index >= 15 is 0 Å². The van der Waals surface area contributed by atoms with Crippen LogP contribution < -0.4 is 5.73 Å². The van der Waals surface area contributed by atoms with E-state index < -0.39 is 16.0 Å². The van der Waals surface area contributed by atoms with E-state index in [1.54, 1.807) is 11.8 Å². The highest BCUT2D eigenvalue weighted by molar-refractivity contribution is 7.98. The molecule has 0 spiro atoms. The first-order valence-electron chi connectivity index (χ1n) is 6.35. The monoisotopic (exact) mass is 332 g/mol. The molecule has 6 nitrogen and oxygen atoms in total. The Morgan fingerprint density at radius 1 is 1.48 bits per heavy atom. The highest BCUT2D eigenvalue weighted by atomic mass is 32.2. The Morgan fingerprint density at radius 3 is 2.57 bits per heavy atom. The number of hydrogen-bond acceptors (Lipinski definition) is 5. The van der Waals surface area contributed by atoms with Gasteiger partial charge in [0.05, 0.1) is 10.5 Å². The van der Waals surface area contributed by atoms with Crippen LogP contribution in [0.2, 0.25) is 0 Å². The SMILES string of the molecule is CCC(CSC)N(C)S(=O)(=O)c1cc(N)ccc1C(=O)O. The summed E-state index contributed by atoms with van der Waals surface area (Å²) >= 11 is 1.54. The van der Waals surface area contributed by atoms with Crippen molar-refractivity contribution in [1.82, 2.24) is 4.31 Å². The fourth-order valence-corrected chi connectivity index (χ4v) is 4.54. The third-order valence-corrected chi connectivity index (χ3v) is 5.91. The Balaban J connectivity index is 3.36. The first kappa shape index (κ1) is 17.8. The summed E-state index contributed by atoms with van der Waals surface area (Å²) in [4.78, 5) is 11.0. The average Bonchev–Trinajstić information content (AvgIpc) is 2.43. The minimum atomic E-state index is -3.91. The highest BCUT2D eigenvalue weighted by Gasteiger charge is 2.30. The van der Waals surface area contributed by atoms with Crippen LogP contribution >= 0.6 is 11.8 Å². The number of carboxylic acid groups (broad SMARTS) is 1. The molecule has 1 rings (SSSR count). The molecule has 118 valence electrons. The molecule has 0 heterocycles. The summed E-state index contributed by atoms with van der Waals surface area (Å²) in [5.41, 5.74) is 5.56. The molecule has 1 atom stereocenters. The molecule has 0 aliphatic heterocycles. The van der Waals surface area contributed by atoms with Gasteiger partial charge in [0.2, 0.25) is 10.0 Å². The predicted octanol–water partition coefficient (Wildman–Crippen LogP) is 1.73. The van der Waals surface area contributed by atoms with Crippen LogP contribution in [0.1, 0.15) is 23.7 Å². The van der Waals surface area contributed by atoms with Gasteiger partial charge >= 0.3 is 5.97 Å². The van der Waals surface area contributed by atoms with Gasteiger partial charge in [0.1, 0.15) is 0 Å². The maximum absolute atomic E-state index is 12.7. The second-order valence-electron chi connectivity index (χ2n) is 4.60. The van der Waals surface area contributed by atoms with Gasteiger partial charge in [-0.1, -0.05) is 6.92 Å². The normalized spacial score (nSPS) is 13.3. The molecule has 0 aliphatic rings. The van der Waals surface area contributed by atoms with Crippen LogP contribution in [0.25, 0.3) is 0 Å². The fourth-order valence-electron chi connectivity index (χ4n) is 1.95. The summed E-state index contributed by atoms with van der Waals surface area (Å²) < 4.78 is 26.6. The summed E-state index contributed by atoms with van der Waals surface area (Å²) in [6.45, 7) is 1.89. The number of nitrogens with two attached hydrogens (primary N) is 1. The van der Waals surface area contributed by atoms with Crippen LogP contribution in [0.3, 0.4) is 0 Å². The van der Waals surface area contributed by atoms with E-state index in [0.717, 1.165) is 0 Å². The number of anilines is 1. The van der Waals surface area contributed by atoms with E-state index in [-0.39, 0.29) is 22.2 Å². The van der Waals surface area contributed by atoms with Crippen molar-refractivity contribution in [3.63, 3.8) is 0 Å². The molecular formula is C13H20N2O4S2. The van der Waals surface area contributed by atoms with Crippen molar-refractivity contribution in [3.05, 3.63) is 23.8 Å². The van der Waals surface area contributed by atoms with Crippen molar-refractivity contribution in [2.24, 2.45) is 0 Å². The summed E-state index contributed by atoms with van der Waals surface area (Å²) in [6.07, 6.45) is 2.54. The zero-order chi connectivity index (χ0) is 16.2. The third kappa shape index (κ3) is 3.90. The van der Waals surface area contributed by atoms with Crippen molar-refractivity contribution < 1.29 is 18.3 Å². The molecule has 0 aliphatic carbocycles. The molecule has 0 bridgehead atoms. The number of benzene rings is 1. The fraction of sp³-hybridized carbons (Fsp3) is 0.462. The Bertz CT molecular complexity index is 617. The number of sulfonamides is 1. The summed E-state index contributed by atoms with van der Waals surface area (Å²) in [6, 6.07) is 3.59. The van der Waals surface area contributed by atoms with Gasteiger partial charge in [-0.3, -0.25) is 0 Å². The number of aromatic carboxylic acids is 1. The van der Waals surface area contributed by atoms with Crippen LogP contribution in [0.5, 0.6) is 0 Å². The summed E-state index contributed by atoms with van der Waals surface area (Å²) in [5, 5.41) is 9.17. The van der Waals surface area contributed by atoms with E-state index in [1.807, 2.05) is 13.2 Å². The lowest BCUT2D eigenvalue weighted by Crippen LogP contribution is -2.38. The van der Waals surface area contributed by atoms with Crippen LogP contribution in [0.4, 0.5) is 5.69 Å². The van der Waals surface area contributed by atoms with Crippen LogP contribution in [-0.4, -0.2) is 48.9 Å². The zero-order valence-electron chi connectivity index (χ0n) is 12.2. The number of nitrogens with zero attached hydrogens (tertiary/aromatic N) is 1. The van der Waals surface area contributed by atoms with E-state index in [9.17, 15) is 18.3 Å². The maximum atomic E-state index is 12.7. The first-order valence-corrected chi connectivity index (χ1v) is 9.18. The van der Waals surface area contributed by atoms with E-state index in [0.29, 0.717) is 12.2 Å². The molecule has 21 heavy (non-hydrogen) atoms. The van der Waals surface area contributed by atoms with Gasteiger partial charge in [-0.2, -0.15) is 16.1 Å². The second kappa shape index (κ2) is 7.15. The molecule has 0 radical (unpaired) electrons. The number of hydrogen-bond donors (Lipinski definition) is 2. The molecule has 3 N–H and O–H groups in total. The molecule has 1 aromatic rings. The number of thioether (sulfide) groups is 1. The van der Waals surface area contributed by atoms with Crippen molar-refractivity contribution >= 4 is 33.4 Å². The van der Waals surface area contributed by atoms with Crippen molar-refractivity contribution in [2.75, 3.05) is 24.8 Å². The van der Waals surface area contributed by atoms with E-state index in [1.165, 1.54) is 29.6 Å². The summed E-state index contributed by atoms with van der Waals surface area (Å²) in [7, 11) is -2.44. The number of carbonyl (C=O) groups is 1. The van der Waals surface area contributed by atoms with Gasteiger partial charge in [-0.25, -0.2) is 13.2 Å². The number of nitrogen functional groups attached to an aromatic ring is 1. The van der Waals surface area contributed by atoms with Gasteiger partial charge in [0.15, 0.2) is 0 Å². The van der Waals surface area contributed by atoms with Gasteiger partial charge in [-0.05, 0) is 30.9 Å². The molecular weight excluding hydrogens is 312 g/mol. The van der Waals surface area contributed by atoms with Crippen molar-refractivity contribution in [1.29, 1.82) is 0 Å². The minimum absolute atomic E-state index is 0.201. The van der Waals surface area contributed by atoms with Crippen molar-refractivity contribution in [3.8, 4) is 0 Å². The van der Waals surface area contributed by atoms with Crippen molar-refractivity contribution in [2.45, 2.75) is 24.3 Å². The van der Waals surface area contributed by atoms with Gasteiger partial charge < -0.3 is 10.8 Å². The van der Waals surface area contributed by atoms with E-state index in [2.05, 4.69) is 0 Å². The Kier molecular flexibility index (Phi) is 6.06. The van der Waals surface area contributed by atoms with E-state index in [4.69, 9.17) is 5.73 Å².